The van der Waals surface area contributed by atoms with Gasteiger partial charge in [0.2, 0.25) is 5.91 Å². The number of piperidine rings is 1. The Kier molecular flexibility index (Phi) is 7.43. The minimum absolute atomic E-state index is 0. The third kappa shape index (κ3) is 5.81. The van der Waals surface area contributed by atoms with Crippen LogP contribution in [0.5, 0.6) is 0 Å². The fourth-order valence-electron chi connectivity index (χ4n) is 3.06. The molecule has 0 aliphatic carbocycles. The Morgan fingerprint density at radius 1 is 1.21 bits per heavy atom. The molecular formula is C21H30ClN5O2. The molecule has 0 saturated carbocycles. The number of carbonyl (C=O) groups is 2. The van der Waals surface area contributed by atoms with Crippen molar-refractivity contribution in [3.05, 3.63) is 41.7 Å². The monoisotopic (exact) mass is 419 g/mol. The molecule has 0 radical (unpaired) electrons. The largest absolute Gasteiger partial charge is 0.326 e. The third-order valence-electron chi connectivity index (χ3n) is 4.91. The van der Waals surface area contributed by atoms with Gasteiger partial charge in [-0.05, 0) is 50.1 Å². The summed E-state index contributed by atoms with van der Waals surface area (Å²) in [4.78, 5) is 24.9. The number of amides is 2. The molecular weight excluding hydrogens is 390 g/mol. The molecule has 3 N–H and O–H groups in total. The van der Waals surface area contributed by atoms with E-state index in [1.54, 1.807) is 12.1 Å². The molecule has 1 aliphatic rings. The van der Waals surface area contributed by atoms with Crippen molar-refractivity contribution in [2.24, 2.45) is 5.41 Å². The lowest BCUT2D eigenvalue weighted by Crippen LogP contribution is -2.32. The zero-order chi connectivity index (χ0) is 20.3. The van der Waals surface area contributed by atoms with E-state index in [0.717, 1.165) is 31.5 Å². The molecule has 2 amide bonds. The summed E-state index contributed by atoms with van der Waals surface area (Å²) in [7, 11) is 0. The van der Waals surface area contributed by atoms with Gasteiger partial charge in [-0.1, -0.05) is 26.8 Å². The highest BCUT2D eigenvalue weighted by Gasteiger charge is 2.22. The Morgan fingerprint density at radius 2 is 1.97 bits per heavy atom. The smallest absolute Gasteiger partial charge is 0.276 e. The molecule has 1 saturated heterocycles. The van der Waals surface area contributed by atoms with Crippen LogP contribution in [0.1, 0.15) is 55.7 Å². The number of nitrogens with zero attached hydrogens (tertiary/aromatic N) is 2. The Balaban J connectivity index is 0.00000300. The number of nitrogens with one attached hydrogen (secondary N) is 3. The van der Waals surface area contributed by atoms with Crippen molar-refractivity contribution >= 4 is 35.6 Å². The number of halogens is 1. The van der Waals surface area contributed by atoms with Crippen molar-refractivity contribution in [1.29, 1.82) is 0 Å². The first kappa shape index (κ1) is 22.9. The number of anilines is 2. The van der Waals surface area contributed by atoms with Gasteiger partial charge in [-0.25, -0.2) is 0 Å². The topological polar surface area (TPSA) is 88.0 Å². The number of benzene rings is 1. The van der Waals surface area contributed by atoms with Crippen molar-refractivity contribution < 1.29 is 9.59 Å². The van der Waals surface area contributed by atoms with Gasteiger partial charge < -0.3 is 16.0 Å². The molecule has 1 aromatic carbocycles. The van der Waals surface area contributed by atoms with Gasteiger partial charge >= 0.3 is 0 Å². The van der Waals surface area contributed by atoms with E-state index < -0.39 is 5.41 Å². The zero-order valence-corrected chi connectivity index (χ0v) is 18.2. The van der Waals surface area contributed by atoms with Gasteiger partial charge in [0.1, 0.15) is 0 Å². The highest BCUT2D eigenvalue weighted by Crippen LogP contribution is 2.23. The summed E-state index contributed by atoms with van der Waals surface area (Å²) >= 11 is 0. The molecule has 0 bridgehead atoms. The normalized spacial score (nSPS) is 16.6. The third-order valence-corrected chi connectivity index (χ3v) is 4.91. The van der Waals surface area contributed by atoms with E-state index in [1.807, 2.05) is 50.7 Å². The van der Waals surface area contributed by atoms with Gasteiger partial charge in [0, 0.05) is 29.5 Å². The second-order valence-electron chi connectivity index (χ2n) is 8.37. The SMILES string of the molecule is Cc1ccc(NC(=O)C(C)(C)C)cc1NC(=O)c1ccn(C2CCCNC2)n1.Cl. The predicted molar refractivity (Wildman–Crippen MR) is 118 cm³/mol. The van der Waals surface area contributed by atoms with Crippen molar-refractivity contribution in [2.75, 3.05) is 23.7 Å². The van der Waals surface area contributed by atoms with E-state index in [4.69, 9.17) is 0 Å². The fraction of sp³-hybridized carbons (Fsp3) is 0.476. The van der Waals surface area contributed by atoms with Crippen LogP contribution in [-0.2, 0) is 4.79 Å². The van der Waals surface area contributed by atoms with E-state index in [-0.39, 0.29) is 30.3 Å². The maximum atomic E-state index is 12.7. The molecule has 2 aromatic rings. The van der Waals surface area contributed by atoms with Gasteiger partial charge in [-0.3, -0.25) is 14.3 Å². The Hall–Kier alpha value is -2.38. The molecule has 1 unspecified atom stereocenters. The standard InChI is InChI=1S/C21H29N5O2.ClH/c1-14-7-8-15(23-20(28)21(2,3)4)12-18(14)24-19(27)17-9-11-26(25-17)16-6-5-10-22-13-16;/h7-9,11-12,16,22H,5-6,10,13H2,1-4H3,(H,23,28)(H,24,27);1H. The molecule has 29 heavy (non-hydrogen) atoms. The maximum absolute atomic E-state index is 12.7. The van der Waals surface area contributed by atoms with Gasteiger partial charge in [-0.15, -0.1) is 12.4 Å². The second-order valence-corrected chi connectivity index (χ2v) is 8.37. The van der Waals surface area contributed by atoms with Crippen molar-refractivity contribution in [3.8, 4) is 0 Å². The number of carbonyl (C=O) groups excluding carboxylic acids is 2. The lowest BCUT2D eigenvalue weighted by molar-refractivity contribution is -0.123. The van der Waals surface area contributed by atoms with Gasteiger partial charge in [0.05, 0.1) is 6.04 Å². The molecule has 7 nitrogen and oxygen atoms in total. The molecule has 1 aliphatic heterocycles. The number of aromatic nitrogens is 2. The average Bonchev–Trinajstić information content (AvgIpc) is 3.15. The predicted octanol–water partition coefficient (Wildman–Crippen LogP) is 3.77. The summed E-state index contributed by atoms with van der Waals surface area (Å²) in [5.41, 5.74) is 2.12. The summed E-state index contributed by atoms with van der Waals surface area (Å²) in [5.74, 6) is -0.335. The van der Waals surface area contributed by atoms with Crippen molar-refractivity contribution in [2.45, 2.75) is 46.6 Å². The minimum atomic E-state index is -0.491. The number of aryl methyl sites for hydroxylation is 1. The number of hydrogen-bond donors (Lipinski definition) is 3. The molecule has 158 valence electrons. The first-order valence-electron chi connectivity index (χ1n) is 9.73. The van der Waals surface area contributed by atoms with Gasteiger partial charge in [0.25, 0.3) is 5.91 Å². The lowest BCUT2D eigenvalue weighted by Gasteiger charge is -2.22. The van der Waals surface area contributed by atoms with E-state index in [1.165, 1.54) is 0 Å². The van der Waals surface area contributed by atoms with Crippen LogP contribution in [0, 0.1) is 12.3 Å². The highest BCUT2D eigenvalue weighted by atomic mass is 35.5. The van der Waals surface area contributed by atoms with Crippen LogP contribution in [0.3, 0.4) is 0 Å². The van der Waals surface area contributed by atoms with E-state index >= 15 is 0 Å². The van der Waals surface area contributed by atoms with E-state index in [9.17, 15) is 9.59 Å². The molecule has 0 spiro atoms. The summed E-state index contributed by atoms with van der Waals surface area (Å²) < 4.78 is 1.87. The summed E-state index contributed by atoms with van der Waals surface area (Å²) in [6.07, 6.45) is 4.03. The Labute approximate surface area is 178 Å². The lowest BCUT2D eigenvalue weighted by atomic mass is 9.95. The highest BCUT2D eigenvalue weighted by molar-refractivity contribution is 6.04. The van der Waals surface area contributed by atoms with Crippen LogP contribution in [0.25, 0.3) is 0 Å². The van der Waals surface area contributed by atoms with E-state index in [2.05, 4.69) is 21.0 Å². The van der Waals surface area contributed by atoms with E-state index in [0.29, 0.717) is 17.1 Å². The molecule has 1 aromatic heterocycles. The Bertz CT molecular complexity index is 866. The van der Waals surface area contributed by atoms with Crippen molar-refractivity contribution in [3.63, 3.8) is 0 Å². The first-order valence-corrected chi connectivity index (χ1v) is 9.73. The number of rotatable bonds is 4. The average molecular weight is 420 g/mol. The van der Waals surface area contributed by atoms with Crippen LogP contribution in [0.2, 0.25) is 0 Å². The summed E-state index contributed by atoms with van der Waals surface area (Å²) in [6.45, 7) is 9.40. The zero-order valence-electron chi connectivity index (χ0n) is 17.4. The second kappa shape index (κ2) is 9.41. The van der Waals surface area contributed by atoms with Crippen LogP contribution < -0.4 is 16.0 Å². The van der Waals surface area contributed by atoms with Crippen LogP contribution in [-0.4, -0.2) is 34.7 Å². The van der Waals surface area contributed by atoms with Crippen LogP contribution in [0.15, 0.2) is 30.5 Å². The Morgan fingerprint density at radius 3 is 2.62 bits per heavy atom. The molecule has 2 heterocycles. The van der Waals surface area contributed by atoms with Crippen LogP contribution >= 0.6 is 12.4 Å². The first-order chi connectivity index (χ1) is 13.2. The molecule has 8 heteroatoms. The molecule has 3 rings (SSSR count). The number of hydrogen-bond acceptors (Lipinski definition) is 4. The summed E-state index contributed by atoms with van der Waals surface area (Å²) in [6, 6.07) is 7.51. The molecule has 1 atom stereocenters. The summed E-state index contributed by atoms with van der Waals surface area (Å²) in [5, 5.41) is 13.6. The van der Waals surface area contributed by atoms with Gasteiger partial charge in [0.15, 0.2) is 5.69 Å². The molecule has 1 fully saturated rings. The quantitative estimate of drug-likeness (QED) is 0.703. The fourth-order valence-corrected chi connectivity index (χ4v) is 3.06. The minimum Gasteiger partial charge on any atom is -0.326 e. The maximum Gasteiger partial charge on any atom is 0.276 e. The van der Waals surface area contributed by atoms with Crippen LogP contribution in [0.4, 0.5) is 11.4 Å². The van der Waals surface area contributed by atoms with Gasteiger partial charge in [-0.2, -0.15) is 5.10 Å². The van der Waals surface area contributed by atoms with Crippen molar-refractivity contribution in [1.82, 2.24) is 15.1 Å².